The Morgan fingerprint density at radius 2 is 1.18 bits per heavy atom. The standard InChI is InChI=1S/C47H39NS/c1-47(2)42-23-12-11-21-40(42)46-41(39-22-13-19-34-16-9-10-20-38(34)39)30-37(31-43(46)47)48(45-29-28-44(49-45)35-17-7-4-8-18-35)36-26-24-33(25-27-36)32-14-5-3-6-15-32/h3-8,11-15,17-19,21-31H,9-10,16,20H2,1-2H3. The van der Waals surface area contributed by atoms with Crippen molar-refractivity contribution in [3.63, 3.8) is 0 Å². The Balaban J connectivity index is 1.28. The molecule has 1 heterocycles. The third-order valence-corrected chi connectivity index (χ3v) is 11.8. The van der Waals surface area contributed by atoms with Crippen molar-refractivity contribution in [1.29, 1.82) is 0 Å². The molecule has 2 aliphatic carbocycles. The Kier molecular flexibility index (Phi) is 7.36. The monoisotopic (exact) mass is 649 g/mol. The minimum absolute atomic E-state index is 0.126. The zero-order chi connectivity index (χ0) is 33.0. The smallest absolute Gasteiger partial charge is 0.101 e. The van der Waals surface area contributed by atoms with E-state index >= 15 is 0 Å². The summed E-state index contributed by atoms with van der Waals surface area (Å²) in [4.78, 5) is 3.76. The SMILES string of the molecule is CC1(C)c2ccccc2-c2c(-c3cccc4c3CCCC4)cc(N(c3ccc(-c4ccccc4)cc3)c3ccc(-c4ccccc4)s3)cc21. The normalized spacial score (nSPS) is 14.2. The summed E-state index contributed by atoms with van der Waals surface area (Å²) >= 11 is 1.86. The van der Waals surface area contributed by atoms with Crippen molar-refractivity contribution in [2.24, 2.45) is 0 Å². The second-order valence-corrected chi connectivity index (χ2v) is 15.1. The molecule has 0 radical (unpaired) electrons. The minimum atomic E-state index is -0.126. The molecule has 0 saturated carbocycles. The second-order valence-electron chi connectivity index (χ2n) is 14.0. The summed E-state index contributed by atoms with van der Waals surface area (Å²) in [5, 5.41) is 1.21. The summed E-state index contributed by atoms with van der Waals surface area (Å²) in [6.45, 7) is 4.81. The predicted octanol–water partition coefficient (Wildman–Crippen LogP) is 13.4. The van der Waals surface area contributed by atoms with Crippen molar-refractivity contribution in [2.45, 2.75) is 44.9 Å². The molecule has 9 rings (SSSR count). The quantitative estimate of drug-likeness (QED) is 0.173. The molecule has 2 heteroatoms. The largest absolute Gasteiger partial charge is 0.302 e. The Morgan fingerprint density at radius 3 is 1.98 bits per heavy atom. The van der Waals surface area contributed by atoms with Gasteiger partial charge in [-0.1, -0.05) is 129 Å². The van der Waals surface area contributed by atoms with Gasteiger partial charge in [-0.25, -0.2) is 0 Å². The molecule has 0 atom stereocenters. The topological polar surface area (TPSA) is 3.24 Å². The first-order valence-electron chi connectivity index (χ1n) is 17.6. The Bertz CT molecular complexity index is 2290. The van der Waals surface area contributed by atoms with Gasteiger partial charge in [-0.3, -0.25) is 0 Å². The zero-order valence-corrected chi connectivity index (χ0v) is 28.9. The molecular weight excluding hydrogens is 611 g/mol. The second kappa shape index (κ2) is 12.1. The fourth-order valence-corrected chi connectivity index (χ4v) is 9.27. The molecule has 0 aliphatic heterocycles. The van der Waals surface area contributed by atoms with Crippen LogP contribution < -0.4 is 4.90 Å². The third-order valence-electron chi connectivity index (χ3n) is 10.7. The lowest BCUT2D eigenvalue weighted by Gasteiger charge is -2.29. The van der Waals surface area contributed by atoms with Crippen LogP contribution in [0.1, 0.15) is 48.9 Å². The van der Waals surface area contributed by atoms with E-state index < -0.39 is 0 Å². The minimum Gasteiger partial charge on any atom is -0.302 e. The summed E-state index contributed by atoms with van der Waals surface area (Å²) in [7, 11) is 0. The van der Waals surface area contributed by atoms with E-state index in [4.69, 9.17) is 0 Å². The van der Waals surface area contributed by atoms with Crippen LogP contribution in [0.3, 0.4) is 0 Å². The molecule has 7 aromatic rings. The Labute approximate surface area is 294 Å². The van der Waals surface area contributed by atoms with E-state index in [1.165, 1.54) is 96.0 Å². The first-order chi connectivity index (χ1) is 24.1. The van der Waals surface area contributed by atoms with Gasteiger partial charge in [0.2, 0.25) is 0 Å². The molecule has 6 aromatic carbocycles. The molecule has 1 nitrogen and oxygen atoms in total. The lowest BCUT2D eigenvalue weighted by Crippen LogP contribution is -2.16. The number of benzene rings is 6. The van der Waals surface area contributed by atoms with Gasteiger partial charge in [0.05, 0.1) is 0 Å². The van der Waals surface area contributed by atoms with E-state index in [0.717, 1.165) is 12.1 Å². The number of hydrogen-bond acceptors (Lipinski definition) is 2. The number of nitrogens with zero attached hydrogens (tertiary/aromatic N) is 1. The molecular formula is C47H39NS. The van der Waals surface area contributed by atoms with E-state index in [-0.39, 0.29) is 5.41 Å². The van der Waals surface area contributed by atoms with Crippen molar-refractivity contribution in [3.05, 3.63) is 174 Å². The van der Waals surface area contributed by atoms with Gasteiger partial charge in [0.15, 0.2) is 0 Å². The van der Waals surface area contributed by atoms with Crippen LogP contribution in [0.2, 0.25) is 0 Å². The maximum absolute atomic E-state index is 2.49. The first kappa shape index (κ1) is 29.9. The number of thiophene rings is 1. The highest BCUT2D eigenvalue weighted by Crippen LogP contribution is 2.55. The van der Waals surface area contributed by atoms with Gasteiger partial charge >= 0.3 is 0 Å². The molecule has 0 saturated heterocycles. The van der Waals surface area contributed by atoms with Crippen molar-refractivity contribution in [1.82, 2.24) is 0 Å². The molecule has 0 unspecified atom stereocenters. The van der Waals surface area contributed by atoms with Crippen LogP contribution in [0.25, 0.3) is 43.8 Å². The van der Waals surface area contributed by atoms with E-state index in [2.05, 4.69) is 170 Å². The van der Waals surface area contributed by atoms with Gasteiger partial charge in [0.25, 0.3) is 0 Å². The van der Waals surface area contributed by atoms with E-state index in [9.17, 15) is 0 Å². The fourth-order valence-electron chi connectivity index (χ4n) is 8.22. The number of hydrogen-bond donors (Lipinski definition) is 0. The van der Waals surface area contributed by atoms with Crippen molar-refractivity contribution >= 4 is 27.7 Å². The summed E-state index contributed by atoms with van der Waals surface area (Å²) < 4.78 is 0. The van der Waals surface area contributed by atoms with Crippen LogP contribution in [0.4, 0.5) is 16.4 Å². The molecule has 0 spiro atoms. The zero-order valence-electron chi connectivity index (χ0n) is 28.1. The lowest BCUT2D eigenvalue weighted by atomic mass is 9.80. The fraction of sp³-hybridized carbons (Fsp3) is 0.149. The average molecular weight is 650 g/mol. The molecule has 0 N–H and O–H groups in total. The number of aryl methyl sites for hydroxylation is 1. The van der Waals surface area contributed by atoms with Gasteiger partial charge in [0.1, 0.15) is 5.00 Å². The van der Waals surface area contributed by atoms with Gasteiger partial charge in [-0.15, -0.1) is 11.3 Å². The molecule has 0 fully saturated rings. The van der Waals surface area contributed by atoms with E-state index in [1.807, 2.05) is 11.3 Å². The van der Waals surface area contributed by atoms with Crippen LogP contribution in [-0.4, -0.2) is 0 Å². The van der Waals surface area contributed by atoms with Gasteiger partial charge in [-0.05, 0) is 123 Å². The van der Waals surface area contributed by atoms with Crippen LogP contribution in [0.5, 0.6) is 0 Å². The predicted molar refractivity (Wildman–Crippen MR) is 210 cm³/mol. The number of fused-ring (bicyclic) bond motifs is 4. The van der Waals surface area contributed by atoms with Gasteiger partial charge < -0.3 is 4.90 Å². The number of anilines is 3. The molecule has 0 bridgehead atoms. The molecule has 238 valence electrons. The van der Waals surface area contributed by atoms with Crippen molar-refractivity contribution in [3.8, 4) is 43.8 Å². The molecule has 0 amide bonds. The van der Waals surface area contributed by atoms with E-state index in [0.29, 0.717) is 0 Å². The molecule has 2 aliphatic rings. The highest BCUT2D eigenvalue weighted by Gasteiger charge is 2.38. The summed E-state index contributed by atoms with van der Waals surface area (Å²) in [5.41, 5.74) is 17.4. The summed E-state index contributed by atoms with van der Waals surface area (Å²) in [6, 6.07) is 56.2. The Morgan fingerprint density at radius 1 is 0.510 bits per heavy atom. The van der Waals surface area contributed by atoms with Crippen molar-refractivity contribution < 1.29 is 0 Å². The summed E-state index contributed by atoms with van der Waals surface area (Å²) in [6.07, 6.45) is 4.85. The first-order valence-corrected chi connectivity index (χ1v) is 18.4. The highest BCUT2D eigenvalue weighted by molar-refractivity contribution is 7.19. The van der Waals surface area contributed by atoms with Crippen LogP contribution in [-0.2, 0) is 18.3 Å². The highest BCUT2D eigenvalue weighted by atomic mass is 32.1. The third kappa shape index (κ3) is 5.14. The van der Waals surface area contributed by atoms with Gasteiger partial charge in [-0.2, -0.15) is 0 Å². The maximum atomic E-state index is 2.49. The molecule has 1 aromatic heterocycles. The van der Waals surface area contributed by atoms with Crippen LogP contribution >= 0.6 is 11.3 Å². The summed E-state index contributed by atoms with van der Waals surface area (Å²) in [5.74, 6) is 0. The molecule has 49 heavy (non-hydrogen) atoms. The average Bonchev–Trinajstić information content (AvgIpc) is 3.73. The Hall–Kier alpha value is -5.18. The number of rotatable bonds is 6. The van der Waals surface area contributed by atoms with Crippen molar-refractivity contribution in [2.75, 3.05) is 4.90 Å². The lowest BCUT2D eigenvalue weighted by molar-refractivity contribution is 0.660. The van der Waals surface area contributed by atoms with Crippen LogP contribution in [0, 0.1) is 0 Å². The van der Waals surface area contributed by atoms with Crippen LogP contribution in [0.15, 0.2) is 152 Å². The van der Waals surface area contributed by atoms with Gasteiger partial charge in [0, 0.05) is 21.7 Å². The van der Waals surface area contributed by atoms with E-state index in [1.54, 1.807) is 0 Å². The maximum Gasteiger partial charge on any atom is 0.101 e.